The second-order valence-electron chi connectivity index (χ2n) is 4.27. The average Bonchev–Trinajstić information content (AvgIpc) is 2.75. The number of rotatable bonds is 3. The molecule has 0 bridgehead atoms. The first-order valence-electron chi connectivity index (χ1n) is 6.00. The van der Waals surface area contributed by atoms with Gasteiger partial charge in [0.1, 0.15) is 10.4 Å². The zero-order valence-corrected chi connectivity index (χ0v) is 12.1. The van der Waals surface area contributed by atoms with E-state index in [4.69, 9.17) is 0 Å². The van der Waals surface area contributed by atoms with E-state index in [2.05, 4.69) is 41.8 Å². The van der Waals surface area contributed by atoms with Gasteiger partial charge in [0.25, 0.3) is 0 Å². The molecule has 4 nitrogen and oxygen atoms in total. The third kappa shape index (κ3) is 2.33. The van der Waals surface area contributed by atoms with E-state index >= 15 is 0 Å². The summed E-state index contributed by atoms with van der Waals surface area (Å²) in [6, 6.07) is 12.0. The van der Waals surface area contributed by atoms with Crippen LogP contribution in [-0.4, -0.2) is 14.5 Å². The SMILES string of the molecule is Cn1c(CNc2cccnc2Br)nc2ccccc21. The minimum atomic E-state index is 0.662. The number of nitrogens with zero attached hydrogens (tertiary/aromatic N) is 3. The first kappa shape index (κ1) is 12.2. The Bertz CT molecular complexity index is 720. The molecule has 2 aromatic heterocycles. The Morgan fingerprint density at radius 2 is 2.05 bits per heavy atom. The number of anilines is 1. The topological polar surface area (TPSA) is 42.7 Å². The van der Waals surface area contributed by atoms with Crippen molar-refractivity contribution in [3.63, 3.8) is 0 Å². The first-order chi connectivity index (χ1) is 9.25. The number of pyridine rings is 1. The number of aromatic nitrogens is 3. The first-order valence-corrected chi connectivity index (χ1v) is 6.80. The van der Waals surface area contributed by atoms with Crippen molar-refractivity contribution in [1.82, 2.24) is 14.5 Å². The van der Waals surface area contributed by atoms with E-state index in [9.17, 15) is 0 Å². The van der Waals surface area contributed by atoms with Crippen LogP contribution in [0.4, 0.5) is 5.69 Å². The molecule has 1 aromatic carbocycles. The van der Waals surface area contributed by atoms with Crippen LogP contribution >= 0.6 is 15.9 Å². The number of benzene rings is 1. The molecule has 3 aromatic rings. The molecule has 0 radical (unpaired) electrons. The highest BCUT2D eigenvalue weighted by Crippen LogP contribution is 2.20. The van der Waals surface area contributed by atoms with Crippen LogP contribution in [0.25, 0.3) is 11.0 Å². The summed E-state index contributed by atoms with van der Waals surface area (Å²) in [7, 11) is 2.03. The second-order valence-corrected chi connectivity index (χ2v) is 5.02. The molecule has 0 aliphatic rings. The third-order valence-electron chi connectivity index (χ3n) is 3.08. The number of halogens is 1. The molecular formula is C14H13BrN4. The summed E-state index contributed by atoms with van der Waals surface area (Å²) in [5.74, 6) is 0.997. The maximum absolute atomic E-state index is 4.62. The lowest BCUT2D eigenvalue weighted by Crippen LogP contribution is -2.06. The fourth-order valence-corrected chi connectivity index (χ4v) is 2.44. The van der Waals surface area contributed by atoms with Crippen molar-refractivity contribution in [2.75, 3.05) is 5.32 Å². The van der Waals surface area contributed by atoms with Gasteiger partial charge in [0, 0.05) is 13.2 Å². The molecule has 0 saturated carbocycles. The number of nitrogens with one attached hydrogen (secondary N) is 1. The summed E-state index contributed by atoms with van der Waals surface area (Å²) in [4.78, 5) is 8.81. The van der Waals surface area contributed by atoms with E-state index < -0.39 is 0 Å². The Kier molecular flexibility index (Phi) is 3.21. The van der Waals surface area contributed by atoms with Crippen LogP contribution in [0.3, 0.4) is 0 Å². The molecular weight excluding hydrogens is 304 g/mol. The van der Waals surface area contributed by atoms with E-state index in [1.165, 1.54) is 0 Å². The lowest BCUT2D eigenvalue weighted by molar-refractivity contribution is 0.834. The van der Waals surface area contributed by atoms with E-state index in [1.54, 1.807) is 6.20 Å². The molecule has 0 saturated heterocycles. The van der Waals surface area contributed by atoms with Gasteiger partial charge in [-0.2, -0.15) is 0 Å². The summed E-state index contributed by atoms with van der Waals surface area (Å²) < 4.78 is 2.92. The van der Waals surface area contributed by atoms with Crippen LogP contribution in [-0.2, 0) is 13.6 Å². The molecule has 3 rings (SSSR count). The summed E-state index contributed by atoms with van der Waals surface area (Å²) in [5.41, 5.74) is 3.13. The fourth-order valence-electron chi connectivity index (χ4n) is 2.05. The predicted molar refractivity (Wildman–Crippen MR) is 80.0 cm³/mol. The molecule has 0 aliphatic heterocycles. The monoisotopic (exact) mass is 316 g/mol. The van der Waals surface area contributed by atoms with Crippen molar-refractivity contribution in [2.24, 2.45) is 7.05 Å². The highest BCUT2D eigenvalue weighted by molar-refractivity contribution is 9.10. The van der Waals surface area contributed by atoms with Gasteiger partial charge in [-0.15, -0.1) is 0 Å². The van der Waals surface area contributed by atoms with Gasteiger partial charge in [-0.25, -0.2) is 9.97 Å². The van der Waals surface area contributed by atoms with E-state index in [-0.39, 0.29) is 0 Å². The Hall–Kier alpha value is -1.88. The molecule has 96 valence electrons. The minimum Gasteiger partial charge on any atom is -0.376 e. The van der Waals surface area contributed by atoms with E-state index in [1.807, 2.05) is 37.4 Å². The van der Waals surface area contributed by atoms with E-state index in [0.717, 1.165) is 27.1 Å². The van der Waals surface area contributed by atoms with Crippen molar-refractivity contribution >= 4 is 32.7 Å². The van der Waals surface area contributed by atoms with Gasteiger partial charge in [0.05, 0.1) is 23.3 Å². The van der Waals surface area contributed by atoms with Crippen molar-refractivity contribution in [2.45, 2.75) is 6.54 Å². The van der Waals surface area contributed by atoms with Gasteiger partial charge in [-0.05, 0) is 40.2 Å². The summed E-state index contributed by atoms with van der Waals surface area (Å²) >= 11 is 3.42. The number of imidazole rings is 1. The van der Waals surface area contributed by atoms with Crippen molar-refractivity contribution in [1.29, 1.82) is 0 Å². The van der Waals surface area contributed by atoms with Crippen molar-refractivity contribution in [3.8, 4) is 0 Å². The smallest absolute Gasteiger partial charge is 0.129 e. The number of hydrogen-bond donors (Lipinski definition) is 1. The zero-order chi connectivity index (χ0) is 13.2. The third-order valence-corrected chi connectivity index (χ3v) is 3.71. The molecule has 0 spiro atoms. The Labute approximate surface area is 119 Å². The number of aryl methyl sites for hydroxylation is 1. The van der Waals surface area contributed by atoms with Crippen LogP contribution in [0.1, 0.15) is 5.82 Å². The number of fused-ring (bicyclic) bond motifs is 1. The average molecular weight is 317 g/mol. The highest BCUT2D eigenvalue weighted by Gasteiger charge is 2.07. The maximum atomic E-state index is 4.62. The molecule has 0 fully saturated rings. The second kappa shape index (κ2) is 5.01. The molecule has 19 heavy (non-hydrogen) atoms. The Morgan fingerprint density at radius 1 is 1.21 bits per heavy atom. The molecule has 0 unspecified atom stereocenters. The molecule has 0 aliphatic carbocycles. The normalized spacial score (nSPS) is 10.8. The van der Waals surface area contributed by atoms with Crippen LogP contribution in [0.2, 0.25) is 0 Å². The minimum absolute atomic E-state index is 0.662. The van der Waals surface area contributed by atoms with Crippen LogP contribution in [0, 0.1) is 0 Å². The lowest BCUT2D eigenvalue weighted by atomic mass is 10.3. The number of para-hydroxylation sites is 2. The quantitative estimate of drug-likeness (QED) is 0.754. The molecule has 2 heterocycles. The van der Waals surface area contributed by atoms with Gasteiger partial charge >= 0.3 is 0 Å². The molecule has 5 heteroatoms. The largest absolute Gasteiger partial charge is 0.376 e. The number of hydrogen-bond acceptors (Lipinski definition) is 3. The fraction of sp³-hybridized carbons (Fsp3) is 0.143. The lowest BCUT2D eigenvalue weighted by Gasteiger charge is -2.07. The van der Waals surface area contributed by atoms with Gasteiger partial charge in [0.2, 0.25) is 0 Å². The van der Waals surface area contributed by atoms with Gasteiger partial charge in [-0.3, -0.25) is 0 Å². The van der Waals surface area contributed by atoms with Gasteiger partial charge in [0.15, 0.2) is 0 Å². The molecule has 0 atom stereocenters. The van der Waals surface area contributed by atoms with Crippen molar-refractivity contribution in [3.05, 3.63) is 53.0 Å². The van der Waals surface area contributed by atoms with Crippen LogP contribution in [0.5, 0.6) is 0 Å². The van der Waals surface area contributed by atoms with Crippen LogP contribution in [0.15, 0.2) is 47.2 Å². The summed E-state index contributed by atoms with van der Waals surface area (Å²) in [5, 5.41) is 3.34. The highest BCUT2D eigenvalue weighted by atomic mass is 79.9. The van der Waals surface area contributed by atoms with Crippen LogP contribution < -0.4 is 5.32 Å². The summed E-state index contributed by atoms with van der Waals surface area (Å²) in [6.07, 6.45) is 1.75. The standard InChI is InChI=1S/C14H13BrN4/c1-19-12-7-3-2-5-10(12)18-13(19)9-17-11-6-4-8-16-14(11)15/h2-8,17H,9H2,1H3. The zero-order valence-electron chi connectivity index (χ0n) is 10.5. The molecule has 1 N–H and O–H groups in total. The maximum Gasteiger partial charge on any atom is 0.129 e. The summed E-state index contributed by atoms with van der Waals surface area (Å²) in [6.45, 7) is 0.662. The Morgan fingerprint density at radius 3 is 2.84 bits per heavy atom. The molecule has 0 amide bonds. The van der Waals surface area contributed by atoms with Gasteiger partial charge < -0.3 is 9.88 Å². The van der Waals surface area contributed by atoms with E-state index in [0.29, 0.717) is 6.54 Å². The van der Waals surface area contributed by atoms with Crippen molar-refractivity contribution < 1.29 is 0 Å². The Balaban J connectivity index is 1.86. The predicted octanol–water partition coefficient (Wildman–Crippen LogP) is 3.34. The van der Waals surface area contributed by atoms with Gasteiger partial charge in [-0.1, -0.05) is 12.1 Å².